The molecule has 0 fully saturated rings. The van der Waals surface area contributed by atoms with Crippen molar-refractivity contribution in [2.75, 3.05) is 7.05 Å². The lowest BCUT2D eigenvalue weighted by Crippen LogP contribution is -2.23. The van der Waals surface area contributed by atoms with Crippen molar-refractivity contribution in [3.8, 4) is 11.4 Å². The van der Waals surface area contributed by atoms with E-state index >= 15 is 0 Å². The van der Waals surface area contributed by atoms with Gasteiger partial charge < -0.3 is 10.1 Å². The Morgan fingerprint density at radius 3 is 2.26 bits per heavy atom. The zero-order valence-corrected chi connectivity index (χ0v) is 20.7. The molecule has 0 bridgehead atoms. The third-order valence-electron chi connectivity index (χ3n) is 4.22. The largest absolute Gasteiger partial charge is 0.487 e. The SMILES string of the molecule is CC.CCC.CNC(=O)c1cc(-n2c(C)cc(OCc3ncc(F)cc3F)cc2=O)c(C)cn1. The fraction of sp³-hybridized carbons (Fsp3) is 0.360. The van der Waals surface area contributed by atoms with Gasteiger partial charge in [0.05, 0.1) is 11.9 Å². The number of amides is 1. The molecule has 9 heteroatoms. The summed E-state index contributed by atoms with van der Waals surface area (Å²) in [6.07, 6.45) is 3.65. The minimum absolute atomic E-state index is 0.0755. The van der Waals surface area contributed by atoms with Crippen LogP contribution in [0.25, 0.3) is 5.69 Å². The summed E-state index contributed by atoms with van der Waals surface area (Å²) in [7, 11) is 1.49. The van der Waals surface area contributed by atoms with E-state index in [4.69, 9.17) is 4.74 Å². The van der Waals surface area contributed by atoms with Crippen molar-refractivity contribution in [2.45, 2.75) is 54.6 Å². The third kappa shape index (κ3) is 7.47. The predicted octanol–water partition coefficient (Wildman–Crippen LogP) is 4.90. The van der Waals surface area contributed by atoms with Crippen LogP contribution in [0.1, 0.15) is 61.6 Å². The minimum Gasteiger partial charge on any atom is -0.487 e. The third-order valence-corrected chi connectivity index (χ3v) is 4.22. The number of aryl methyl sites for hydroxylation is 2. The Morgan fingerprint density at radius 1 is 1.06 bits per heavy atom. The number of carbonyl (C=O) groups is 1. The molecule has 0 aliphatic rings. The zero-order valence-electron chi connectivity index (χ0n) is 20.7. The van der Waals surface area contributed by atoms with Crippen molar-refractivity contribution in [1.82, 2.24) is 19.9 Å². The van der Waals surface area contributed by atoms with Crippen LogP contribution in [0, 0.1) is 25.5 Å². The second kappa shape index (κ2) is 13.8. The lowest BCUT2D eigenvalue weighted by Gasteiger charge is -2.15. The van der Waals surface area contributed by atoms with Gasteiger partial charge in [-0.3, -0.25) is 24.1 Å². The van der Waals surface area contributed by atoms with Crippen molar-refractivity contribution < 1.29 is 18.3 Å². The Morgan fingerprint density at radius 2 is 1.71 bits per heavy atom. The highest BCUT2D eigenvalue weighted by atomic mass is 19.1. The normalized spacial score (nSPS) is 9.79. The van der Waals surface area contributed by atoms with Gasteiger partial charge in [-0.1, -0.05) is 34.1 Å². The first-order valence-electron chi connectivity index (χ1n) is 11.1. The highest BCUT2D eigenvalue weighted by Gasteiger charge is 2.14. The van der Waals surface area contributed by atoms with Gasteiger partial charge >= 0.3 is 0 Å². The molecule has 0 saturated heterocycles. The van der Waals surface area contributed by atoms with Gasteiger partial charge in [-0.2, -0.15) is 0 Å². The molecule has 1 amide bonds. The molecule has 0 aromatic carbocycles. The first kappa shape index (κ1) is 28.4. The number of nitrogens with zero attached hydrogens (tertiary/aromatic N) is 3. The summed E-state index contributed by atoms with van der Waals surface area (Å²) in [5.74, 6) is -1.77. The molecule has 0 radical (unpaired) electrons. The van der Waals surface area contributed by atoms with Crippen LogP contribution in [-0.2, 0) is 6.61 Å². The summed E-state index contributed by atoms with van der Waals surface area (Å²) in [5, 5.41) is 2.49. The second-order valence-electron chi connectivity index (χ2n) is 7.02. The molecule has 0 saturated carbocycles. The van der Waals surface area contributed by atoms with Crippen molar-refractivity contribution in [3.63, 3.8) is 0 Å². The van der Waals surface area contributed by atoms with Crippen molar-refractivity contribution >= 4 is 5.91 Å². The number of pyridine rings is 3. The minimum atomic E-state index is -0.829. The van der Waals surface area contributed by atoms with E-state index in [2.05, 4.69) is 29.1 Å². The van der Waals surface area contributed by atoms with Crippen LogP contribution < -0.4 is 15.6 Å². The lowest BCUT2D eigenvalue weighted by atomic mass is 10.2. The number of nitrogens with one attached hydrogen (secondary N) is 1. The van der Waals surface area contributed by atoms with Crippen LogP contribution in [0.4, 0.5) is 8.78 Å². The molecule has 0 aliphatic carbocycles. The fourth-order valence-corrected chi connectivity index (χ4v) is 2.77. The number of halogens is 2. The summed E-state index contributed by atoms with van der Waals surface area (Å²) in [4.78, 5) is 32.3. The molecule has 3 aromatic rings. The van der Waals surface area contributed by atoms with Gasteiger partial charge in [-0.15, -0.1) is 0 Å². The van der Waals surface area contributed by atoms with E-state index in [1.807, 2.05) is 13.8 Å². The molecule has 7 nitrogen and oxygen atoms in total. The number of rotatable bonds is 5. The molecule has 3 aromatic heterocycles. The highest BCUT2D eigenvalue weighted by Crippen LogP contribution is 2.19. The zero-order chi connectivity index (χ0) is 25.8. The van der Waals surface area contributed by atoms with Crippen LogP contribution in [0.15, 0.2) is 41.5 Å². The number of hydrogen-bond acceptors (Lipinski definition) is 5. The Labute approximate surface area is 198 Å². The first-order chi connectivity index (χ1) is 16.2. The maximum Gasteiger partial charge on any atom is 0.269 e. The Kier molecular flexibility index (Phi) is 11.5. The van der Waals surface area contributed by atoms with Crippen LogP contribution in [-0.4, -0.2) is 27.5 Å². The standard InChI is InChI=1S/C20H18F2N4O3.C3H8.C2H6/c1-11-8-24-16(20(28)23-3)7-18(11)26-12(2)4-14(6-19(26)27)29-10-17-15(22)5-13(21)9-25-17;1-3-2;1-2/h4-9H,10H2,1-3H3,(H,23,28);3H2,1-2H3;1-2H3. The van der Waals surface area contributed by atoms with E-state index in [1.54, 1.807) is 19.9 Å². The Bertz CT molecular complexity index is 1160. The molecule has 1 N–H and O–H groups in total. The maximum absolute atomic E-state index is 13.7. The fourth-order valence-electron chi connectivity index (χ4n) is 2.77. The Hall–Kier alpha value is -3.62. The van der Waals surface area contributed by atoms with E-state index < -0.39 is 17.2 Å². The average Bonchev–Trinajstić information content (AvgIpc) is 2.80. The molecule has 3 rings (SSSR count). The van der Waals surface area contributed by atoms with Gasteiger partial charge in [-0.05, 0) is 25.5 Å². The number of hydrogen-bond donors (Lipinski definition) is 1. The smallest absolute Gasteiger partial charge is 0.269 e. The van der Waals surface area contributed by atoms with E-state index in [0.717, 1.165) is 6.20 Å². The molecular weight excluding hydrogens is 442 g/mol. The lowest BCUT2D eigenvalue weighted by molar-refractivity contribution is 0.0958. The molecule has 0 unspecified atom stereocenters. The quantitative estimate of drug-likeness (QED) is 0.568. The van der Waals surface area contributed by atoms with Gasteiger partial charge in [0.1, 0.15) is 29.6 Å². The molecule has 0 atom stereocenters. The van der Waals surface area contributed by atoms with Crippen molar-refractivity contribution in [1.29, 1.82) is 0 Å². The van der Waals surface area contributed by atoms with Gasteiger partial charge in [0, 0.05) is 37.1 Å². The Balaban J connectivity index is 0.00000107. The van der Waals surface area contributed by atoms with Gasteiger partial charge in [0.2, 0.25) is 0 Å². The van der Waals surface area contributed by atoms with Crippen molar-refractivity contribution in [3.05, 3.63) is 81.3 Å². The van der Waals surface area contributed by atoms with E-state index in [-0.39, 0.29) is 29.7 Å². The van der Waals surface area contributed by atoms with Crippen LogP contribution in [0.2, 0.25) is 0 Å². The van der Waals surface area contributed by atoms with E-state index in [9.17, 15) is 18.4 Å². The topological polar surface area (TPSA) is 86.1 Å². The summed E-state index contributed by atoms with van der Waals surface area (Å²) in [5.41, 5.74) is 1.46. The highest BCUT2D eigenvalue weighted by molar-refractivity contribution is 5.92. The molecule has 34 heavy (non-hydrogen) atoms. The summed E-state index contributed by atoms with van der Waals surface area (Å²) in [6, 6.07) is 5.09. The van der Waals surface area contributed by atoms with Crippen LogP contribution >= 0.6 is 0 Å². The van der Waals surface area contributed by atoms with Crippen LogP contribution in [0.3, 0.4) is 0 Å². The van der Waals surface area contributed by atoms with Gasteiger partial charge in [0.15, 0.2) is 5.82 Å². The molecular formula is C25H32F2N4O3. The average molecular weight is 475 g/mol. The van der Waals surface area contributed by atoms with Crippen molar-refractivity contribution in [2.24, 2.45) is 0 Å². The predicted molar refractivity (Wildman–Crippen MR) is 128 cm³/mol. The monoisotopic (exact) mass is 474 g/mol. The number of carbonyl (C=O) groups excluding carboxylic acids is 1. The second-order valence-corrected chi connectivity index (χ2v) is 7.02. The molecule has 0 spiro atoms. The summed E-state index contributed by atoms with van der Waals surface area (Å²) in [6.45, 7) is 11.5. The molecule has 0 aliphatic heterocycles. The van der Waals surface area contributed by atoms with Gasteiger partial charge in [0.25, 0.3) is 11.5 Å². The van der Waals surface area contributed by atoms with Crippen LogP contribution in [0.5, 0.6) is 5.75 Å². The number of ether oxygens (including phenoxy) is 1. The maximum atomic E-state index is 13.7. The van der Waals surface area contributed by atoms with E-state index in [1.165, 1.54) is 36.4 Å². The summed E-state index contributed by atoms with van der Waals surface area (Å²) < 4.78 is 33.5. The molecule has 3 heterocycles. The first-order valence-corrected chi connectivity index (χ1v) is 11.1. The molecule has 184 valence electrons. The number of aromatic nitrogens is 3. The van der Waals surface area contributed by atoms with E-state index in [0.29, 0.717) is 23.0 Å². The summed E-state index contributed by atoms with van der Waals surface area (Å²) >= 11 is 0. The van der Waals surface area contributed by atoms with Gasteiger partial charge in [-0.25, -0.2) is 8.78 Å².